The number of aromatic carboxylic acids is 1. The number of nitrogens with one attached hydrogen (secondary N) is 1. The lowest BCUT2D eigenvalue weighted by atomic mass is 10.1. The molecule has 1 aliphatic heterocycles. The molecule has 2 rings (SSSR count). The Morgan fingerprint density at radius 2 is 2.20 bits per heavy atom. The first kappa shape index (κ1) is 15.8. The Morgan fingerprint density at radius 1 is 1.50 bits per heavy atom. The maximum absolute atomic E-state index is 12.3. The summed E-state index contributed by atoms with van der Waals surface area (Å²) in [6.07, 6.45) is 0.794. The van der Waals surface area contributed by atoms with Crippen LogP contribution in [0, 0.1) is 6.92 Å². The molecule has 110 valence electrons. The molecule has 1 aromatic carbocycles. The number of hydrogen-bond acceptors (Lipinski definition) is 4. The number of sulfonamides is 1. The largest absolute Gasteiger partial charge is 0.478 e. The fourth-order valence-electron chi connectivity index (χ4n) is 1.95. The zero-order valence-electron chi connectivity index (χ0n) is 10.7. The van der Waals surface area contributed by atoms with E-state index in [0.29, 0.717) is 10.0 Å². The van der Waals surface area contributed by atoms with E-state index in [0.717, 1.165) is 17.9 Å². The second-order valence-corrected chi connectivity index (χ2v) is 8.28. The standard InChI is InChI=1S/C12H14BrNO4S2/c1-7-10(12(15)16)4-9(5-11(7)13)20(17,18)14-8-2-3-19-6-8/h4-5,8,14H,2-3,6H2,1H3,(H,15,16). The fourth-order valence-corrected chi connectivity index (χ4v) is 5.14. The predicted octanol–water partition coefficient (Wildman–Crippen LogP) is 2.24. The van der Waals surface area contributed by atoms with Crippen LogP contribution in [0.15, 0.2) is 21.5 Å². The summed E-state index contributed by atoms with van der Waals surface area (Å²) >= 11 is 4.91. The minimum atomic E-state index is -3.70. The normalized spacial score (nSPS) is 19.2. The number of carboxylic acid groups (broad SMARTS) is 1. The Hall–Kier alpha value is -0.570. The maximum atomic E-state index is 12.3. The third-order valence-corrected chi connectivity index (χ3v) is 6.60. The molecule has 1 fully saturated rings. The summed E-state index contributed by atoms with van der Waals surface area (Å²) in [7, 11) is -3.70. The minimum Gasteiger partial charge on any atom is -0.478 e. The van der Waals surface area contributed by atoms with Crippen LogP contribution in [0.25, 0.3) is 0 Å². The van der Waals surface area contributed by atoms with Gasteiger partial charge in [0.2, 0.25) is 10.0 Å². The van der Waals surface area contributed by atoms with Crippen molar-refractivity contribution in [3.8, 4) is 0 Å². The molecule has 1 aromatic rings. The van der Waals surface area contributed by atoms with Crippen molar-refractivity contribution in [3.63, 3.8) is 0 Å². The summed E-state index contributed by atoms with van der Waals surface area (Å²) in [5.74, 6) is 0.542. The van der Waals surface area contributed by atoms with Gasteiger partial charge in [-0.3, -0.25) is 0 Å². The monoisotopic (exact) mass is 379 g/mol. The molecule has 0 radical (unpaired) electrons. The summed E-state index contributed by atoms with van der Waals surface area (Å²) in [6.45, 7) is 1.63. The van der Waals surface area contributed by atoms with E-state index >= 15 is 0 Å². The van der Waals surface area contributed by atoms with Crippen molar-refractivity contribution in [3.05, 3.63) is 27.7 Å². The van der Waals surface area contributed by atoms with Gasteiger partial charge < -0.3 is 5.11 Å². The van der Waals surface area contributed by atoms with Gasteiger partial charge in [-0.2, -0.15) is 11.8 Å². The van der Waals surface area contributed by atoms with Crippen LogP contribution in [0.5, 0.6) is 0 Å². The van der Waals surface area contributed by atoms with Gasteiger partial charge in [0.15, 0.2) is 0 Å². The van der Waals surface area contributed by atoms with Gasteiger partial charge in [-0.25, -0.2) is 17.9 Å². The third kappa shape index (κ3) is 3.36. The van der Waals surface area contributed by atoms with Crippen molar-refractivity contribution in [2.45, 2.75) is 24.3 Å². The quantitative estimate of drug-likeness (QED) is 0.837. The first-order chi connectivity index (χ1) is 9.31. The van der Waals surface area contributed by atoms with Gasteiger partial charge in [0.25, 0.3) is 0 Å². The molecule has 0 aromatic heterocycles. The Kier molecular flexibility index (Phi) is 4.78. The number of benzene rings is 1. The van der Waals surface area contributed by atoms with E-state index in [-0.39, 0.29) is 16.5 Å². The van der Waals surface area contributed by atoms with Crippen molar-refractivity contribution < 1.29 is 18.3 Å². The van der Waals surface area contributed by atoms with Crippen LogP contribution in [0.3, 0.4) is 0 Å². The summed E-state index contributed by atoms with van der Waals surface area (Å²) < 4.78 is 27.7. The first-order valence-corrected chi connectivity index (χ1v) is 9.38. The lowest BCUT2D eigenvalue weighted by Crippen LogP contribution is -2.34. The molecule has 1 unspecified atom stereocenters. The average Bonchev–Trinajstić information content (AvgIpc) is 2.83. The number of carboxylic acids is 1. The number of thioether (sulfide) groups is 1. The first-order valence-electron chi connectivity index (χ1n) is 5.95. The predicted molar refractivity (Wildman–Crippen MR) is 81.9 cm³/mol. The molecule has 1 saturated heterocycles. The number of rotatable bonds is 4. The summed E-state index contributed by atoms with van der Waals surface area (Å²) in [5, 5.41) is 9.13. The van der Waals surface area contributed by atoms with Crippen LogP contribution >= 0.6 is 27.7 Å². The second-order valence-electron chi connectivity index (χ2n) is 4.56. The van der Waals surface area contributed by atoms with Crippen LogP contribution < -0.4 is 4.72 Å². The van der Waals surface area contributed by atoms with Crippen molar-refractivity contribution in [1.29, 1.82) is 0 Å². The topological polar surface area (TPSA) is 83.5 Å². The van der Waals surface area contributed by atoms with Gasteiger partial charge in [-0.15, -0.1) is 0 Å². The molecule has 20 heavy (non-hydrogen) atoms. The van der Waals surface area contributed by atoms with Crippen LogP contribution in [-0.2, 0) is 10.0 Å². The Bertz CT molecular complexity index is 639. The average molecular weight is 380 g/mol. The van der Waals surface area contributed by atoms with Crippen LogP contribution in [-0.4, -0.2) is 37.0 Å². The molecule has 0 aliphatic carbocycles. The van der Waals surface area contributed by atoms with Gasteiger partial charge in [-0.05, 0) is 36.8 Å². The molecule has 2 N–H and O–H groups in total. The van der Waals surface area contributed by atoms with E-state index in [1.807, 2.05) is 0 Å². The Labute approximate surface area is 130 Å². The van der Waals surface area contributed by atoms with Gasteiger partial charge in [-0.1, -0.05) is 15.9 Å². The summed E-state index contributed by atoms with van der Waals surface area (Å²) in [6, 6.07) is 2.55. The number of hydrogen-bond donors (Lipinski definition) is 2. The van der Waals surface area contributed by atoms with Gasteiger partial charge in [0.1, 0.15) is 0 Å². The lowest BCUT2D eigenvalue weighted by Gasteiger charge is -2.14. The van der Waals surface area contributed by atoms with Gasteiger partial charge in [0, 0.05) is 16.3 Å². The highest BCUT2D eigenvalue weighted by Gasteiger charge is 2.25. The molecule has 0 saturated carbocycles. The van der Waals surface area contributed by atoms with E-state index in [9.17, 15) is 13.2 Å². The Morgan fingerprint density at radius 3 is 2.75 bits per heavy atom. The highest BCUT2D eigenvalue weighted by atomic mass is 79.9. The zero-order valence-corrected chi connectivity index (χ0v) is 13.9. The maximum Gasteiger partial charge on any atom is 0.336 e. The molecule has 5 nitrogen and oxygen atoms in total. The highest BCUT2D eigenvalue weighted by molar-refractivity contribution is 9.10. The van der Waals surface area contributed by atoms with Crippen LogP contribution in [0.4, 0.5) is 0 Å². The lowest BCUT2D eigenvalue weighted by molar-refractivity contribution is 0.0695. The SMILES string of the molecule is Cc1c(Br)cc(S(=O)(=O)NC2CCSC2)cc1C(=O)O. The van der Waals surface area contributed by atoms with Crippen LogP contribution in [0.2, 0.25) is 0 Å². The van der Waals surface area contributed by atoms with Crippen molar-refractivity contribution in [1.82, 2.24) is 4.72 Å². The Balaban J connectivity index is 2.38. The van der Waals surface area contributed by atoms with Gasteiger partial charge in [0.05, 0.1) is 10.5 Å². The third-order valence-electron chi connectivity index (χ3n) is 3.11. The zero-order chi connectivity index (χ0) is 14.9. The van der Waals surface area contributed by atoms with E-state index < -0.39 is 16.0 Å². The fraction of sp³-hybridized carbons (Fsp3) is 0.417. The second kappa shape index (κ2) is 6.05. The van der Waals surface area contributed by atoms with Crippen molar-refractivity contribution in [2.24, 2.45) is 0 Å². The van der Waals surface area contributed by atoms with E-state index in [4.69, 9.17) is 5.11 Å². The molecule has 1 heterocycles. The minimum absolute atomic E-state index is 0.0134. The summed E-state index contributed by atoms with van der Waals surface area (Å²) in [5.41, 5.74) is 0.494. The smallest absolute Gasteiger partial charge is 0.336 e. The van der Waals surface area contributed by atoms with Crippen molar-refractivity contribution >= 4 is 43.7 Å². The molecular weight excluding hydrogens is 366 g/mol. The molecule has 1 aliphatic rings. The molecule has 0 bridgehead atoms. The molecule has 1 atom stereocenters. The molecule has 8 heteroatoms. The molecule has 0 amide bonds. The molecule has 0 spiro atoms. The van der Waals surface area contributed by atoms with E-state index in [1.54, 1.807) is 18.7 Å². The number of halogens is 1. The van der Waals surface area contributed by atoms with E-state index in [2.05, 4.69) is 20.7 Å². The van der Waals surface area contributed by atoms with Crippen LogP contribution in [0.1, 0.15) is 22.3 Å². The summed E-state index contributed by atoms with van der Waals surface area (Å²) in [4.78, 5) is 11.1. The van der Waals surface area contributed by atoms with Gasteiger partial charge >= 0.3 is 5.97 Å². The highest BCUT2D eigenvalue weighted by Crippen LogP contribution is 2.26. The van der Waals surface area contributed by atoms with Crippen molar-refractivity contribution in [2.75, 3.05) is 11.5 Å². The van der Waals surface area contributed by atoms with E-state index in [1.165, 1.54) is 12.1 Å². The number of carbonyl (C=O) groups is 1. The molecular formula is C12H14BrNO4S2.